The van der Waals surface area contributed by atoms with Gasteiger partial charge >= 0.3 is 12.0 Å². The van der Waals surface area contributed by atoms with Gasteiger partial charge in [-0.2, -0.15) is 0 Å². The molecular weight excluding hydrogens is 378 g/mol. The van der Waals surface area contributed by atoms with E-state index in [2.05, 4.69) is 10.6 Å². The average Bonchev–Trinajstić information content (AvgIpc) is 3.48. The SMILES string of the molecule is CC(=O)c1ccccc1NC(=O)[C@H](C)OC(=O)CN1C(=O)N[C@@](C)(C2CC2)C1=O. The van der Waals surface area contributed by atoms with E-state index < -0.39 is 42.0 Å². The molecule has 1 aromatic carbocycles. The largest absolute Gasteiger partial charge is 0.451 e. The number of Topliss-reactive ketones (excluding diaryl/α,β-unsaturated/α-hetero) is 1. The Morgan fingerprint density at radius 1 is 1.28 bits per heavy atom. The Morgan fingerprint density at radius 2 is 1.93 bits per heavy atom. The standard InChI is InChI=1S/C20H23N3O6/c1-11(24)14-6-4-5-7-15(14)21-17(26)12(2)29-16(25)10-23-18(27)20(3,13-8-9-13)22-19(23)28/h4-7,12-13H,8-10H2,1-3H3,(H,21,26)(H,22,28)/t12-,20-/m0/s1. The summed E-state index contributed by atoms with van der Waals surface area (Å²) in [7, 11) is 0. The van der Waals surface area contributed by atoms with Gasteiger partial charge in [-0.1, -0.05) is 12.1 Å². The van der Waals surface area contributed by atoms with Gasteiger partial charge < -0.3 is 15.4 Å². The molecule has 0 aromatic heterocycles. The second-order valence-corrected chi connectivity index (χ2v) is 7.52. The van der Waals surface area contributed by atoms with Crippen LogP contribution in [-0.2, 0) is 19.1 Å². The number of benzene rings is 1. The van der Waals surface area contributed by atoms with Crippen LogP contribution in [0, 0.1) is 5.92 Å². The number of ketones is 1. The average molecular weight is 401 g/mol. The minimum absolute atomic E-state index is 0.0750. The van der Waals surface area contributed by atoms with Crippen molar-refractivity contribution in [2.45, 2.75) is 45.3 Å². The number of imide groups is 1. The summed E-state index contributed by atoms with van der Waals surface area (Å²) >= 11 is 0. The van der Waals surface area contributed by atoms with Gasteiger partial charge in [0.15, 0.2) is 11.9 Å². The number of nitrogens with one attached hydrogen (secondary N) is 2. The van der Waals surface area contributed by atoms with Gasteiger partial charge in [-0.3, -0.25) is 24.1 Å². The molecular formula is C20H23N3O6. The van der Waals surface area contributed by atoms with E-state index >= 15 is 0 Å². The van der Waals surface area contributed by atoms with Crippen LogP contribution >= 0.6 is 0 Å². The summed E-state index contributed by atoms with van der Waals surface area (Å²) in [5.74, 6) is -2.12. The number of anilines is 1. The molecule has 9 heteroatoms. The maximum atomic E-state index is 12.5. The molecule has 154 valence electrons. The molecule has 0 radical (unpaired) electrons. The summed E-state index contributed by atoms with van der Waals surface area (Å²) in [4.78, 5) is 61.6. The van der Waals surface area contributed by atoms with Crippen molar-refractivity contribution >= 4 is 35.3 Å². The Kier molecular flexibility index (Phi) is 5.41. The maximum absolute atomic E-state index is 12.5. The van der Waals surface area contributed by atoms with Crippen LogP contribution in [0.4, 0.5) is 10.5 Å². The summed E-state index contributed by atoms with van der Waals surface area (Å²) < 4.78 is 5.08. The number of rotatable bonds is 7. The lowest BCUT2D eigenvalue weighted by molar-refractivity contribution is -0.155. The maximum Gasteiger partial charge on any atom is 0.327 e. The van der Waals surface area contributed by atoms with Gasteiger partial charge in [0.2, 0.25) is 0 Å². The van der Waals surface area contributed by atoms with Gasteiger partial charge in [-0.05, 0) is 51.7 Å². The van der Waals surface area contributed by atoms with Crippen LogP contribution < -0.4 is 10.6 Å². The molecule has 2 atom stereocenters. The van der Waals surface area contributed by atoms with E-state index in [4.69, 9.17) is 4.74 Å². The Hall–Kier alpha value is -3.23. The molecule has 1 saturated carbocycles. The van der Waals surface area contributed by atoms with Crippen LogP contribution in [0.2, 0.25) is 0 Å². The summed E-state index contributed by atoms with van der Waals surface area (Å²) in [6.45, 7) is 3.82. The van der Waals surface area contributed by atoms with Crippen molar-refractivity contribution in [1.29, 1.82) is 0 Å². The van der Waals surface area contributed by atoms with E-state index in [1.165, 1.54) is 13.8 Å². The van der Waals surface area contributed by atoms with E-state index in [-0.39, 0.29) is 11.7 Å². The first-order valence-corrected chi connectivity index (χ1v) is 9.38. The van der Waals surface area contributed by atoms with E-state index in [1.54, 1.807) is 31.2 Å². The highest BCUT2D eigenvalue weighted by molar-refractivity contribution is 6.09. The monoisotopic (exact) mass is 401 g/mol. The Morgan fingerprint density at radius 3 is 2.55 bits per heavy atom. The molecule has 0 bridgehead atoms. The highest BCUT2D eigenvalue weighted by Crippen LogP contribution is 2.42. The van der Waals surface area contributed by atoms with Crippen molar-refractivity contribution in [2.24, 2.45) is 5.92 Å². The number of urea groups is 1. The topological polar surface area (TPSA) is 122 Å². The first-order valence-electron chi connectivity index (χ1n) is 9.38. The van der Waals surface area contributed by atoms with Crippen LogP contribution in [0.1, 0.15) is 44.0 Å². The predicted molar refractivity (Wildman–Crippen MR) is 102 cm³/mol. The van der Waals surface area contributed by atoms with Gasteiger partial charge in [0, 0.05) is 5.56 Å². The van der Waals surface area contributed by atoms with E-state index in [0.29, 0.717) is 11.3 Å². The van der Waals surface area contributed by atoms with Crippen molar-refractivity contribution in [2.75, 3.05) is 11.9 Å². The van der Waals surface area contributed by atoms with Crippen LogP contribution in [0.5, 0.6) is 0 Å². The molecule has 2 N–H and O–H groups in total. The zero-order valence-electron chi connectivity index (χ0n) is 16.5. The summed E-state index contributed by atoms with van der Waals surface area (Å²) in [5.41, 5.74) is -0.350. The molecule has 2 aliphatic rings. The van der Waals surface area contributed by atoms with Crippen LogP contribution in [-0.4, -0.2) is 52.7 Å². The first kappa shape index (κ1) is 20.5. The second kappa shape index (κ2) is 7.65. The van der Waals surface area contributed by atoms with Crippen molar-refractivity contribution < 1.29 is 28.7 Å². The minimum atomic E-state index is -1.18. The van der Waals surface area contributed by atoms with Gasteiger partial charge in [0.05, 0.1) is 5.69 Å². The lowest BCUT2D eigenvalue weighted by Crippen LogP contribution is -2.46. The third-order valence-electron chi connectivity index (χ3n) is 5.22. The fourth-order valence-corrected chi connectivity index (χ4v) is 3.35. The van der Waals surface area contributed by atoms with E-state index in [1.807, 2.05) is 0 Å². The number of esters is 1. The number of amides is 4. The molecule has 29 heavy (non-hydrogen) atoms. The zero-order valence-corrected chi connectivity index (χ0v) is 16.5. The highest BCUT2D eigenvalue weighted by atomic mass is 16.5. The quantitative estimate of drug-likeness (QED) is 0.405. The lowest BCUT2D eigenvalue weighted by atomic mass is 9.96. The molecule has 1 aliphatic carbocycles. The third-order valence-corrected chi connectivity index (χ3v) is 5.22. The predicted octanol–water partition coefficient (Wildman–Crippen LogP) is 1.48. The van der Waals surface area contributed by atoms with Gasteiger partial charge in [-0.25, -0.2) is 4.79 Å². The minimum Gasteiger partial charge on any atom is -0.451 e. The molecule has 9 nitrogen and oxygen atoms in total. The smallest absolute Gasteiger partial charge is 0.327 e. The molecule has 4 amide bonds. The van der Waals surface area contributed by atoms with Crippen LogP contribution in [0.15, 0.2) is 24.3 Å². The lowest BCUT2D eigenvalue weighted by Gasteiger charge is -2.21. The van der Waals surface area contributed by atoms with Gasteiger partial charge in [0.1, 0.15) is 12.1 Å². The van der Waals surface area contributed by atoms with Crippen LogP contribution in [0.25, 0.3) is 0 Å². The number of carbonyl (C=O) groups is 5. The summed E-state index contributed by atoms with van der Waals surface area (Å²) in [6, 6.07) is 5.82. The number of hydrogen-bond donors (Lipinski definition) is 2. The summed E-state index contributed by atoms with van der Waals surface area (Å²) in [5, 5.41) is 5.19. The zero-order chi connectivity index (χ0) is 21.3. The Labute approximate surface area is 167 Å². The molecule has 2 fully saturated rings. The van der Waals surface area contributed by atoms with Crippen molar-refractivity contribution in [1.82, 2.24) is 10.2 Å². The van der Waals surface area contributed by atoms with Crippen molar-refractivity contribution in [3.05, 3.63) is 29.8 Å². The molecule has 0 spiro atoms. The molecule has 3 rings (SSSR count). The Bertz CT molecular complexity index is 894. The van der Waals surface area contributed by atoms with E-state index in [0.717, 1.165) is 17.7 Å². The number of hydrogen-bond acceptors (Lipinski definition) is 6. The van der Waals surface area contributed by atoms with Gasteiger partial charge in [-0.15, -0.1) is 0 Å². The molecule has 0 unspecified atom stereocenters. The first-order chi connectivity index (χ1) is 13.6. The number of para-hydroxylation sites is 1. The Balaban J connectivity index is 1.58. The number of nitrogens with zero attached hydrogens (tertiary/aromatic N) is 1. The number of ether oxygens (including phenoxy) is 1. The molecule has 1 aliphatic heterocycles. The summed E-state index contributed by atoms with van der Waals surface area (Å²) in [6.07, 6.45) is 0.512. The molecule has 1 aromatic rings. The molecule has 1 saturated heterocycles. The fraction of sp³-hybridized carbons (Fsp3) is 0.450. The van der Waals surface area contributed by atoms with E-state index in [9.17, 15) is 24.0 Å². The normalized spacial score (nSPS) is 22.1. The highest BCUT2D eigenvalue weighted by Gasteiger charge is 2.56. The van der Waals surface area contributed by atoms with Crippen LogP contribution in [0.3, 0.4) is 0 Å². The fourth-order valence-electron chi connectivity index (χ4n) is 3.35. The van der Waals surface area contributed by atoms with Crippen molar-refractivity contribution in [3.63, 3.8) is 0 Å². The van der Waals surface area contributed by atoms with Crippen molar-refractivity contribution in [3.8, 4) is 0 Å². The number of carbonyl (C=O) groups excluding carboxylic acids is 5. The second-order valence-electron chi connectivity index (χ2n) is 7.52. The third kappa shape index (κ3) is 4.13. The molecule has 1 heterocycles. The van der Waals surface area contributed by atoms with Gasteiger partial charge in [0.25, 0.3) is 11.8 Å².